The predicted molar refractivity (Wildman–Crippen MR) is 102 cm³/mol. The molecule has 0 saturated carbocycles. The molecule has 4 rings (SSSR count). The van der Waals surface area contributed by atoms with Gasteiger partial charge in [0.2, 0.25) is 5.91 Å². The minimum Gasteiger partial charge on any atom is -0.380 e. The van der Waals surface area contributed by atoms with Gasteiger partial charge in [-0.1, -0.05) is 12.6 Å². The van der Waals surface area contributed by atoms with Crippen LogP contribution in [0.15, 0.2) is 42.9 Å². The SMILES string of the molecule is C=C1CCC(N2C(=O)c3cccc(NCc4cnn(CC)c4)c3C2=O)C(=O)N1. The molecule has 28 heavy (non-hydrogen) atoms. The van der Waals surface area contributed by atoms with Crippen molar-refractivity contribution in [1.29, 1.82) is 0 Å². The average molecular weight is 379 g/mol. The summed E-state index contributed by atoms with van der Waals surface area (Å²) in [5, 5.41) is 10.1. The summed E-state index contributed by atoms with van der Waals surface area (Å²) < 4.78 is 1.82. The number of nitrogens with one attached hydrogen (secondary N) is 2. The fraction of sp³-hybridized carbons (Fsp3) is 0.300. The Hall–Kier alpha value is -3.42. The smallest absolute Gasteiger partial charge is 0.264 e. The third-order valence-corrected chi connectivity index (χ3v) is 5.07. The summed E-state index contributed by atoms with van der Waals surface area (Å²) in [5.41, 5.74) is 2.78. The van der Waals surface area contributed by atoms with Crippen LogP contribution in [0.25, 0.3) is 0 Å². The number of amides is 3. The van der Waals surface area contributed by atoms with Crippen molar-refractivity contribution in [3.8, 4) is 0 Å². The molecule has 0 radical (unpaired) electrons. The Morgan fingerprint density at radius 1 is 1.29 bits per heavy atom. The van der Waals surface area contributed by atoms with Crippen molar-refractivity contribution in [2.24, 2.45) is 0 Å². The van der Waals surface area contributed by atoms with Gasteiger partial charge in [0.1, 0.15) is 6.04 Å². The van der Waals surface area contributed by atoms with Gasteiger partial charge in [0, 0.05) is 36.2 Å². The Morgan fingerprint density at radius 2 is 2.11 bits per heavy atom. The third kappa shape index (κ3) is 2.96. The van der Waals surface area contributed by atoms with E-state index in [1.54, 1.807) is 24.4 Å². The van der Waals surface area contributed by atoms with Crippen molar-refractivity contribution in [2.75, 3.05) is 5.32 Å². The summed E-state index contributed by atoms with van der Waals surface area (Å²) in [6.45, 7) is 7.00. The average Bonchev–Trinajstić information content (AvgIpc) is 3.24. The molecule has 2 aliphatic rings. The summed E-state index contributed by atoms with van der Waals surface area (Å²) in [7, 11) is 0. The van der Waals surface area contributed by atoms with Gasteiger partial charge >= 0.3 is 0 Å². The number of aromatic nitrogens is 2. The van der Waals surface area contributed by atoms with Crippen molar-refractivity contribution in [3.63, 3.8) is 0 Å². The normalized spacial score (nSPS) is 19.0. The van der Waals surface area contributed by atoms with Gasteiger partial charge in [0.25, 0.3) is 11.8 Å². The van der Waals surface area contributed by atoms with Crippen LogP contribution in [-0.4, -0.2) is 38.4 Å². The monoisotopic (exact) mass is 379 g/mol. The van der Waals surface area contributed by atoms with E-state index in [1.165, 1.54) is 0 Å². The van der Waals surface area contributed by atoms with Gasteiger partial charge in [0.15, 0.2) is 0 Å². The number of piperidine rings is 1. The zero-order valence-electron chi connectivity index (χ0n) is 15.6. The lowest BCUT2D eigenvalue weighted by Gasteiger charge is -2.29. The van der Waals surface area contributed by atoms with E-state index in [9.17, 15) is 14.4 Å². The molecule has 1 fully saturated rings. The van der Waals surface area contributed by atoms with Crippen molar-refractivity contribution >= 4 is 23.4 Å². The van der Waals surface area contributed by atoms with Crippen molar-refractivity contribution < 1.29 is 14.4 Å². The van der Waals surface area contributed by atoms with E-state index in [2.05, 4.69) is 22.3 Å². The maximum atomic E-state index is 13.1. The summed E-state index contributed by atoms with van der Waals surface area (Å²) in [5.74, 6) is -1.25. The van der Waals surface area contributed by atoms with Crippen LogP contribution in [0.1, 0.15) is 46.0 Å². The van der Waals surface area contributed by atoms with Gasteiger partial charge in [-0.05, 0) is 31.9 Å². The molecule has 3 heterocycles. The molecule has 2 aliphatic heterocycles. The summed E-state index contributed by atoms with van der Waals surface area (Å²) >= 11 is 0. The number of allylic oxidation sites excluding steroid dienone is 1. The van der Waals surface area contributed by atoms with E-state index < -0.39 is 17.9 Å². The molecule has 8 nitrogen and oxygen atoms in total. The first kappa shape index (κ1) is 18.0. The highest BCUT2D eigenvalue weighted by atomic mass is 16.2. The number of imide groups is 1. The number of rotatable bonds is 5. The van der Waals surface area contributed by atoms with E-state index in [4.69, 9.17) is 0 Å². The van der Waals surface area contributed by atoms with Crippen LogP contribution in [0, 0.1) is 0 Å². The minimum atomic E-state index is -0.812. The lowest BCUT2D eigenvalue weighted by Crippen LogP contribution is -2.51. The van der Waals surface area contributed by atoms with Crippen molar-refractivity contribution in [2.45, 2.75) is 38.9 Å². The molecular formula is C20H21N5O3. The fourth-order valence-corrected chi connectivity index (χ4v) is 3.61. The highest BCUT2D eigenvalue weighted by Gasteiger charge is 2.44. The van der Waals surface area contributed by atoms with Crippen LogP contribution in [0.4, 0.5) is 5.69 Å². The number of benzene rings is 1. The molecule has 1 atom stereocenters. The quantitative estimate of drug-likeness (QED) is 0.774. The van der Waals surface area contributed by atoms with Gasteiger partial charge in [0.05, 0.1) is 17.3 Å². The number of anilines is 1. The van der Waals surface area contributed by atoms with Crippen LogP contribution in [0.3, 0.4) is 0 Å². The first-order chi connectivity index (χ1) is 13.5. The number of hydrogen-bond donors (Lipinski definition) is 2. The van der Waals surface area contributed by atoms with Gasteiger partial charge in [-0.2, -0.15) is 5.10 Å². The molecule has 2 N–H and O–H groups in total. The zero-order valence-corrected chi connectivity index (χ0v) is 15.6. The third-order valence-electron chi connectivity index (χ3n) is 5.07. The van der Waals surface area contributed by atoms with Crippen LogP contribution in [0.2, 0.25) is 0 Å². The Balaban J connectivity index is 1.59. The lowest BCUT2D eigenvalue weighted by molar-refractivity contribution is -0.125. The first-order valence-electron chi connectivity index (χ1n) is 9.24. The molecular weight excluding hydrogens is 358 g/mol. The lowest BCUT2D eigenvalue weighted by atomic mass is 10.0. The van der Waals surface area contributed by atoms with E-state index in [0.29, 0.717) is 41.9 Å². The number of fused-ring (bicyclic) bond motifs is 1. The molecule has 144 valence electrons. The summed E-state index contributed by atoms with van der Waals surface area (Å²) in [6, 6.07) is 4.30. The first-order valence-corrected chi connectivity index (χ1v) is 9.24. The van der Waals surface area contributed by atoms with Crippen LogP contribution < -0.4 is 10.6 Å². The van der Waals surface area contributed by atoms with E-state index in [-0.39, 0.29) is 5.91 Å². The maximum Gasteiger partial charge on any atom is 0.264 e. The number of hydrogen-bond acceptors (Lipinski definition) is 5. The summed E-state index contributed by atoms with van der Waals surface area (Å²) in [6.07, 6.45) is 4.61. The maximum absolute atomic E-state index is 13.1. The van der Waals surface area contributed by atoms with E-state index in [0.717, 1.165) is 17.0 Å². The topological polar surface area (TPSA) is 96.3 Å². The highest BCUT2D eigenvalue weighted by molar-refractivity contribution is 6.25. The predicted octanol–water partition coefficient (Wildman–Crippen LogP) is 1.90. The van der Waals surface area contributed by atoms with Crippen LogP contribution in [0.5, 0.6) is 0 Å². The molecule has 8 heteroatoms. The van der Waals surface area contributed by atoms with Crippen molar-refractivity contribution in [3.05, 3.63) is 59.6 Å². The van der Waals surface area contributed by atoms with Crippen LogP contribution in [-0.2, 0) is 17.9 Å². The Morgan fingerprint density at radius 3 is 2.82 bits per heavy atom. The molecule has 3 amide bonds. The molecule has 1 saturated heterocycles. The Bertz CT molecular complexity index is 993. The Labute approximate surface area is 162 Å². The van der Waals surface area contributed by atoms with Gasteiger partial charge in [-0.15, -0.1) is 0 Å². The second-order valence-corrected chi connectivity index (χ2v) is 6.91. The molecule has 2 aromatic rings. The molecule has 0 aliphatic carbocycles. The molecule has 0 bridgehead atoms. The molecule has 1 unspecified atom stereocenters. The number of carbonyl (C=O) groups is 3. The number of carbonyl (C=O) groups excluding carboxylic acids is 3. The highest BCUT2D eigenvalue weighted by Crippen LogP contribution is 2.33. The van der Waals surface area contributed by atoms with Gasteiger partial charge < -0.3 is 10.6 Å². The fourth-order valence-electron chi connectivity index (χ4n) is 3.61. The zero-order chi connectivity index (χ0) is 19.8. The Kier molecular flexibility index (Phi) is 4.46. The second kappa shape index (κ2) is 6.95. The summed E-state index contributed by atoms with van der Waals surface area (Å²) in [4.78, 5) is 39.3. The molecule has 0 spiro atoms. The minimum absolute atomic E-state index is 0.313. The van der Waals surface area contributed by atoms with Gasteiger partial charge in [-0.25, -0.2) is 0 Å². The van der Waals surface area contributed by atoms with E-state index in [1.807, 2.05) is 17.8 Å². The van der Waals surface area contributed by atoms with Crippen LogP contribution >= 0.6 is 0 Å². The second-order valence-electron chi connectivity index (χ2n) is 6.91. The standard InChI is InChI=1S/C20H21N5O3/c1-3-24-11-13(10-22-24)9-21-15-6-4-5-14-17(15)20(28)25(19(14)27)16-8-7-12(2)23-18(16)26/h4-6,10-11,16,21H,2-3,7-9H2,1H3,(H,23,26). The number of aryl methyl sites for hydroxylation is 1. The number of nitrogens with zero attached hydrogens (tertiary/aromatic N) is 3. The largest absolute Gasteiger partial charge is 0.380 e. The molecule has 1 aromatic carbocycles. The molecule has 1 aromatic heterocycles. The van der Waals surface area contributed by atoms with Crippen molar-refractivity contribution in [1.82, 2.24) is 20.0 Å². The van der Waals surface area contributed by atoms with E-state index >= 15 is 0 Å². The van der Waals surface area contributed by atoms with Gasteiger partial charge in [-0.3, -0.25) is 24.0 Å².